The van der Waals surface area contributed by atoms with Crippen molar-refractivity contribution in [3.63, 3.8) is 0 Å². The van der Waals surface area contributed by atoms with E-state index in [0.29, 0.717) is 34.9 Å². The molecular weight excluding hydrogens is 656 g/mol. The molecule has 2 aromatic carbocycles. The number of carbonyl (C=O) groups excluding carboxylic acids is 1. The van der Waals surface area contributed by atoms with Gasteiger partial charge < -0.3 is 14.8 Å². The van der Waals surface area contributed by atoms with E-state index in [-0.39, 0.29) is 28.5 Å². The molecule has 0 bridgehead atoms. The number of rotatable bonds is 7. The van der Waals surface area contributed by atoms with E-state index < -0.39 is 35.0 Å². The first kappa shape index (κ1) is 33.2. The molecule has 0 unspecified atom stereocenters. The van der Waals surface area contributed by atoms with Crippen LogP contribution in [-0.4, -0.2) is 28.0 Å². The number of hydrogen-bond acceptors (Lipinski definition) is 5. The van der Waals surface area contributed by atoms with Gasteiger partial charge in [-0.3, -0.25) is 4.40 Å². The van der Waals surface area contributed by atoms with E-state index in [1.165, 1.54) is 19.2 Å². The van der Waals surface area contributed by atoms with Crippen LogP contribution in [0.1, 0.15) is 62.5 Å². The summed E-state index contributed by atoms with van der Waals surface area (Å²) < 4.78 is 93.2. The van der Waals surface area contributed by atoms with Crippen LogP contribution in [0.5, 0.6) is 11.5 Å². The maximum Gasteiger partial charge on any atom is 0.416 e. The Balaban J connectivity index is 1.74. The highest BCUT2D eigenvalue weighted by Gasteiger charge is 2.38. The van der Waals surface area contributed by atoms with Gasteiger partial charge in [0.05, 0.1) is 23.8 Å². The fraction of sp³-hybridized carbons (Fsp3) is 0.355. The molecule has 0 saturated heterocycles. The second-order valence-corrected chi connectivity index (χ2v) is 13.1. The average molecular weight is 686 g/mol. The van der Waals surface area contributed by atoms with Crippen molar-refractivity contribution >= 4 is 33.4 Å². The predicted molar refractivity (Wildman–Crippen MR) is 158 cm³/mol. The van der Waals surface area contributed by atoms with Gasteiger partial charge in [-0.15, -0.1) is 0 Å². The molecule has 0 aliphatic heterocycles. The van der Waals surface area contributed by atoms with Crippen molar-refractivity contribution in [3.8, 4) is 22.8 Å². The molecule has 0 atom stereocenters. The normalized spacial score (nSPS) is 12.8. The third-order valence-electron chi connectivity index (χ3n) is 6.47. The maximum atomic E-state index is 13.3. The molecule has 4 rings (SSSR count). The molecule has 0 aliphatic carbocycles. The van der Waals surface area contributed by atoms with Gasteiger partial charge in [0.2, 0.25) is 0 Å². The summed E-state index contributed by atoms with van der Waals surface area (Å²) in [7, 11) is 1.29. The van der Waals surface area contributed by atoms with Gasteiger partial charge in [-0.25, -0.2) is 9.78 Å². The first-order valence-corrected chi connectivity index (χ1v) is 14.1. The number of nitrogens with one attached hydrogen (secondary N) is 1. The molecule has 1 N–H and O–H groups in total. The molecule has 6 nitrogen and oxygen atoms in total. The molecule has 4 aromatic rings. The number of esters is 1. The van der Waals surface area contributed by atoms with E-state index >= 15 is 0 Å². The number of hydrogen-bond donors (Lipinski definition) is 1. The zero-order valence-electron chi connectivity index (χ0n) is 24.7. The number of anilines is 1. The van der Waals surface area contributed by atoms with Crippen LogP contribution in [0.2, 0.25) is 0 Å². The van der Waals surface area contributed by atoms with Crippen molar-refractivity contribution in [1.82, 2.24) is 9.38 Å². The van der Waals surface area contributed by atoms with E-state index in [2.05, 4.69) is 55.9 Å². The first-order valence-electron chi connectivity index (χ1n) is 13.3. The second-order valence-electron chi connectivity index (χ2n) is 12.2. The summed E-state index contributed by atoms with van der Waals surface area (Å²) in [6.45, 7) is 10.5. The van der Waals surface area contributed by atoms with Gasteiger partial charge >= 0.3 is 18.3 Å². The van der Waals surface area contributed by atoms with Crippen LogP contribution in [0.4, 0.5) is 32.2 Å². The molecule has 236 valence electrons. The Labute approximate surface area is 258 Å². The number of halogens is 7. The summed E-state index contributed by atoms with van der Waals surface area (Å²) in [5, 5.41) is 3.60. The minimum Gasteiger partial charge on any atom is -0.493 e. The number of imidazole rings is 1. The molecule has 13 heteroatoms. The minimum absolute atomic E-state index is 0.00691. The molecule has 0 aliphatic rings. The van der Waals surface area contributed by atoms with Crippen LogP contribution in [0.15, 0.2) is 59.2 Å². The summed E-state index contributed by atoms with van der Waals surface area (Å²) in [4.78, 5) is 17.6. The van der Waals surface area contributed by atoms with Crippen LogP contribution in [0.25, 0.3) is 16.9 Å². The van der Waals surface area contributed by atoms with Gasteiger partial charge in [0, 0.05) is 21.8 Å². The molecule has 0 fully saturated rings. The highest BCUT2D eigenvalue weighted by molar-refractivity contribution is 9.10. The average Bonchev–Trinajstić information content (AvgIpc) is 3.22. The zero-order valence-corrected chi connectivity index (χ0v) is 26.3. The first-order chi connectivity index (χ1) is 20.2. The van der Waals surface area contributed by atoms with E-state index in [9.17, 15) is 31.1 Å². The van der Waals surface area contributed by atoms with Crippen molar-refractivity contribution in [2.75, 3.05) is 12.4 Å². The second kappa shape index (κ2) is 11.6. The van der Waals surface area contributed by atoms with Crippen molar-refractivity contribution < 1.29 is 40.6 Å². The lowest BCUT2D eigenvalue weighted by Gasteiger charge is -2.34. The third-order valence-corrected chi connectivity index (χ3v) is 6.94. The molecular formula is C31H30BrF6N3O3. The summed E-state index contributed by atoms with van der Waals surface area (Å²) in [5.74, 6) is -0.944. The Kier molecular flexibility index (Phi) is 8.77. The lowest BCUT2D eigenvalue weighted by Crippen LogP contribution is -2.36. The lowest BCUT2D eigenvalue weighted by atomic mass is 9.82. The van der Waals surface area contributed by atoms with Gasteiger partial charge in [-0.1, -0.05) is 20.8 Å². The smallest absolute Gasteiger partial charge is 0.416 e. The number of carbonyl (C=O) groups is 1. The summed E-state index contributed by atoms with van der Waals surface area (Å²) >= 11 is 3.50. The molecule has 44 heavy (non-hydrogen) atoms. The number of benzene rings is 2. The monoisotopic (exact) mass is 685 g/mol. The van der Waals surface area contributed by atoms with Gasteiger partial charge in [-0.05, 0) is 90.1 Å². The molecule has 2 aromatic heterocycles. The number of fused-ring (bicyclic) bond motifs is 1. The largest absolute Gasteiger partial charge is 0.493 e. The van der Waals surface area contributed by atoms with Gasteiger partial charge in [0.25, 0.3) is 0 Å². The van der Waals surface area contributed by atoms with Crippen molar-refractivity contribution in [2.24, 2.45) is 5.41 Å². The number of pyridine rings is 1. The molecule has 0 amide bonds. The standard InChI is InChI=1S/C31H30BrF6N3O3/c1-28(2,3)16-29(4,5)40-26-25(39-24-10-8-21(32)15-41(24)26)17-7-9-22(23(13-17)43-6)44-27(42)18-11-19(30(33,34)35)14-20(12-18)31(36,37)38/h7-15,40H,16H2,1-6H3. The van der Waals surface area contributed by atoms with Crippen LogP contribution >= 0.6 is 15.9 Å². The van der Waals surface area contributed by atoms with Crippen LogP contribution in [0, 0.1) is 5.41 Å². The van der Waals surface area contributed by atoms with Gasteiger partial charge in [0.15, 0.2) is 11.5 Å². The highest BCUT2D eigenvalue weighted by atomic mass is 79.9. The number of ether oxygens (including phenoxy) is 2. The van der Waals surface area contributed by atoms with E-state index in [0.717, 1.165) is 10.9 Å². The van der Waals surface area contributed by atoms with Crippen LogP contribution in [-0.2, 0) is 12.4 Å². The van der Waals surface area contributed by atoms with E-state index in [1.807, 2.05) is 22.7 Å². The van der Waals surface area contributed by atoms with Crippen molar-refractivity contribution in [3.05, 3.63) is 75.9 Å². The number of alkyl halides is 6. The predicted octanol–water partition coefficient (Wildman–Crippen LogP) is 9.66. The molecule has 0 radical (unpaired) electrons. The highest BCUT2D eigenvalue weighted by Crippen LogP contribution is 2.40. The molecule has 0 spiro atoms. The zero-order chi connectivity index (χ0) is 32.8. The molecule has 2 heterocycles. The number of nitrogens with zero attached hydrogens (tertiary/aromatic N) is 2. The van der Waals surface area contributed by atoms with Crippen LogP contribution in [0.3, 0.4) is 0 Å². The summed E-state index contributed by atoms with van der Waals surface area (Å²) in [5.41, 5.74) is -2.82. The Bertz CT molecular complexity index is 1670. The Morgan fingerprint density at radius 3 is 2.05 bits per heavy atom. The van der Waals surface area contributed by atoms with Gasteiger partial charge in [0.1, 0.15) is 17.2 Å². The Morgan fingerprint density at radius 1 is 0.886 bits per heavy atom. The van der Waals surface area contributed by atoms with E-state index in [1.54, 1.807) is 6.07 Å². The summed E-state index contributed by atoms with van der Waals surface area (Å²) in [6, 6.07) is 8.66. The Morgan fingerprint density at radius 2 is 1.50 bits per heavy atom. The van der Waals surface area contributed by atoms with E-state index in [4.69, 9.17) is 14.5 Å². The van der Waals surface area contributed by atoms with Crippen molar-refractivity contribution in [2.45, 2.75) is 58.9 Å². The fourth-order valence-corrected chi connectivity index (χ4v) is 5.50. The summed E-state index contributed by atoms with van der Waals surface area (Å²) in [6.07, 6.45) is -7.57. The third kappa shape index (κ3) is 7.66. The lowest BCUT2D eigenvalue weighted by molar-refractivity contribution is -0.143. The number of methoxy groups -OCH3 is 1. The van der Waals surface area contributed by atoms with Crippen molar-refractivity contribution in [1.29, 1.82) is 0 Å². The van der Waals surface area contributed by atoms with Gasteiger partial charge in [-0.2, -0.15) is 26.3 Å². The van der Waals surface area contributed by atoms with Crippen LogP contribution < -0.4 is 14.8 Å². The minimum atomic E-state index is -5.12. The number of aromatic nitrogens is 2. The Hall–Kier alpha value is -3.74. The topological polar surface area (TPSA) is 64.9 Å². The SMILES string of the molecule is COc1cc(-c2nc3ccc(Br)cn3c2NC(C)(C)CC(C)(C)C)ccc1OC(=O)c1cc(C(F)(F)F)cc(C(F)(F)F)c1. The quantitative estimate of drug-likeness (QED) is 0.119. The fourth-order valence-electron chi connectivity index (χ4n) is 5.16. The molecule has 0 saturated carbocycles. The maximum absolute atomic E-state index is 13.3.